The molecule has 41 valence electrons. The summed E-state index contributed by atoms with van der Waals surface area (Å²) in [5, 5.41) is 0. The second kappa shape index (κ2) is 5.33. The summed E-state index contributed by atoms with van der Waals surface area (Å²) in [5.41, 5.74) is 0. The summed E-state index contributed by atoms with van der Waals surface area (Å²) in [6.45, 7) is 0. The molecule has 0 amide bonds. The van der Waals surface area contributed by atoms with Gasteiger partial charge < -0.3 is 0 Å². The van der Waals surface area contributed by atoms with Crippen LogP contribution in [0.3, 0.4) is 0 Å². The van der Waals surface area contributed by atoms with Crippen molar-refractivity contribution >= 4 is 0 Å². The van der Waals surface area contributed by atoms with Crippen molar-refractivity contribution in [3.05, 3.63) is 0 Å². The smallest absolute Gasteiger partial charge is 0 e. The third-order valence-corrected chi connectivity index (χ3v) is 0. The van der Waals surface area contributed by atoms with Gasteiger partial charge in [-0.05, 0) is 0 Å². The van der Waals surface area contributed by atoms with Crippen molar-refractivity contribution in [2.24, 2.45) is 0 Å². The van der Waals surface area contributed by atoms with E-state index < -0.39 is 13.6 Å². The Bertz CT molecular complexity index is 94.9. The SMILES string of the molecule is [Mn].[O]=[Cr](=[O])([OH])[OH].[Zn]. The van der Waals surface area contributed by atoms with E-state index in [1.165, 1.54) is 0 Å². The van der Waals surface area contributed by atoms with Gasteiger partial charge >= 0.3 is 29.5 Å². The Balaban J connectivity index is -0.0000000800. The van der Waals surface area contributed by atoms with Crippen LogP contribution in [0.15, 0.2) is 0 Å². The van der Waals surface area contributed by atoms with Crippen LogP contribution in [0.5, 0.6) is 0 Å². The van der Waals surface area contributed by atoms with Gasteiger partial charge in [-0.25, -0.2) is 0 Å². The standard InChI is InChI=1S/Cr.Mn.2H2O.2O.Zn/h;;2*1H2;;;/q+2;;;;;;/p-2. The zero-order chi connectivity index (χ0) is 4.50. The molecule has 2 N–H and O–H groups in total. The van der Waals surface area contributed by atoms with Crippen LogP contribution in [0, 0.1) is 0 Å². The van der Waals surface area contributed by atoms with Crippen LogP contribution in [0.25, 0.3) is 0 Å². The first-order chi connectivity index (χ1) is 2.00. The molecule has 1 radical (unpaired) electrons. The molecular formula is H2CrMnO4Zn. The fourth-order valence-electron chi connectivity index (χ4n) is 0. The minimum atomic E-state index is -5.25. The van der Waals surface area contributed by atoms with Gasteiger partial charge in [-0.1, -0.05) is 0 Å². The van der Waals surface area contributed by atoms with E-state index in [-0.39, 0.29) is 36.5 Å². The van der Waals surface area contributed by atoms with Crippen molar-refractivity contribution in [1.82, 2.24) is 0 Å². The second-order valence-corrected chi connectivity index (χ2v) is 1.85. The molecule has 0 saturated heterocycles. The van der Waals surface area contributed by atoms with Crippen LogP contribution in [0.1, 0.15) is 0 Å². The topological polar surface area (TPSA) is 74.6 Å². The van der Waals surface area contributed by atoms with E-state index >= 15 is 0 Å². The van der Waals surface area contributed by atoms with Gasteiger partial charge in [-0.15, -0.1) is 0 Å². The van der Waals surface area contributed by atoms with E-state index in [4.69, 9.17) is 15.9 Å². The van der Waals surface area contributed by atoms with Gasteiger partial charge in [0.05, 0.1) is 0 Å². The Morgan fingerprint density at radius 3 is 1.14 bits per heavy atom. The normalized spacial score (nSPS) is 8.29. The molecule has 0 aliphatic carbocycles. The van der Waals surface area contributed by atoms with Crippen molar-refractivity contribution in [3.8, 4) is 0 Å². The molecule has 0 aliphatic heterocycles. The Kier molecular flexibility index (Phi) is 12.0. The molecule has 0 aromatic heterocycles. The zero-order valence-corrected chi connectivity index (χ0v) is 8.63. The predicted octanol–water partition coefficient (Wildman–Crippen LogP) is -1.36. The van der Waals surface area contributed by atoms with Gasteiger partial charge in [0.2, 0.25) is 0 Å². The Morgan fingerprint density at radius 2 is 1.14 bits per heavy atom. The van der Waals surface area contributed by atoms with Crippen LogP contribution in [-0.4, -0.2) is 8.32 Å². The number of rotatable bonds is 0. The van der Waals surface area contributed by atoms with Gasteiger partial charge in [0.25, 0.3) is 0 Å². The van der Waals surface area contributed by atoms with E-state index in [0.717, 1.165) is 0 Å². The minimum Gasteiger partial charge on any atom is 0 e. The molecule has 0 heterocycles. The quantitative estimate of drug-likeness (QED) is 0.511. The molecule has 7 heavy (non-hydrogen) atoms. The van der Waals surface area contributed by atoms with Crippen LogP contribution in [0.4, 0.5) is 0 Å². The van der Waals surface area contributed by atoms with Crippen molar-refractivity contribution < 1.29 is 66.1 Å². The molecule has 0 atom stereocenters. The van der Waals surface area contributed by atoms with E-state index in [1.807, 2.05) is 0 Å². The molecule has 0 aromatic carbocycles. The average Bonchev–Trinajstić information content (AvgIpc) is 0.722. The first kappa shape index (κ1) is 15.7. The molecule has 0 aromatic rings. The summed E-state index contributed by atoms with van der Waals surface area (Å²) in [4.78, 5) is 0. The largest absolute Gasteiger partial charge is 0 e. The molecule has 7 heteroatoms. The average molecular weight is 238 g/mol. The molecule has 0 unspecified atom stereocenters. The van der Waals surface area contributed by atoms with Crippen LogP contribution < -0.4 is 0 Å². The van der Waals surface area contributed by atoms with Gasteiger partial charge in [-0.2, -0.15) is 0 Å². The third kappa shape index (κ3) is 136. The molecule has 0 aliphatic rings. The summed E-state index contributed by atoms with van der Waals surface area (Å²) >= 11 is -5.25. The maximum atomic E-state index is 8.82. The van der Waals surface area contributed by atoms with Crippen molar-refractivity contribution in [1.29, 1.82) is 0 Å². The maximum absolute atomic E-state index is 8.82. The fourth-order valence-corrected chi connectivity index (χ4v) is 0. The Labute approximate surface area is 65.9 Å². The number of hydrogen-bond donors (Lipinski definition) is 2. The first-order valence-electron chi connectivity index (χ1n) is 0.698. The van der Waals surface area contributed by atoms with E-state index in [2.05, 4.69) is 0 Å². The molecule has 0 rings (SSSR count). The monoisotopic (exact) mass is 237 g/mol. The van der Waals surface area contributed by atoms with Crippen molar-refractivity contribution in [3.63, 3.8) is 0 Å². The second-order valence-electron chi connectivity index (χ2n) is 0.448. The van der Waals surface area contributed by atoms with Crippen LogP contribution >= 0.6 is 0 Å². The number of hydrogen-bond acceptors (Lipinski definition) is 2. The summed E-state index contributed by atoms with van der Waals surface area (Å²) in [5.74, 6) is 0. The summed E-state index contributed by atoms with van der Waals surface area (Å²) in [7, 11) is 0. The fraction of sp³-hybridized carbons (Fsp3) is 0. The van der Waals surface area contributed by atoms with Crippen LogP contribution in [-0.2, 0) is 57.8 Å². The van der Waals surface area contributed by atoms with Crippen LogP contribution in [0.2, 0.25) is 0 Å². The molecule has 0 bridgehead atoms. The maximum Gasteiger partial charge on any atom is 0 e. The predicted molar refractivity (Wildman–Crippen MR) is 5.81 cm³/mol. The van der Waals surface area contributed by atoms with Crippen molar-refractivity contribution in [2.45, 2.75) is 0 Å². The molecule has 4 nitrogen and oxygen atoms in total. The first-order valence-corrected chi connectivity index (χ1v) is 2.88. The van der Waals surface area contributed by atoms with E-state index in [0.29, 0.717) is 0 Å². The molecular weight excluding hydrogens is 236 g/mol. The summed E-state index contributed by atoms with van der Waals surface area (Å²) < 4.78 is 31.9. The van der Waals surface area contributed by atoms with E-state index in [1.54, 1.807) is 0 Å². The van der Waals surface area contributed by atoms with Gasteiger partial charge in [0.1, 0.15) is 0 Å². The van der Waals surface area contributed by atoms with Gasteiger partial charge in [-0.3, -0.25) is 0 Å². The zero-order valence-electron chi connectivity index (χ0n) is 3.20. The van der Waals surface area contributed by atoms with Crippen molar-refractivity contribution in [2.75, 3.05) is 0 Å². The van der Waals surface area contributed by atoms with Gasteiger partial charge in [0.15, 0.2) is 0 Å². The third-order valence-electron chi connectivity index (χ3n) is 0. The molecule has 0 spiro atoms. The van der Waals surface area contributed by atoms with Gasteiger partial charge in [0, 0.05) is 36.5 Å². The Morgan fingerprint density at radius 1 is 1.14 bits per heavy atom. The Hall–Kier alpha value is 1.20. The summed E-state index contributed by atoms with van der Waals surface area (Å²) in [6.07, 6.45) is 0. The minimum absolute atomic E-state index is 0. The molecule has 0 fully saturated rings. The summed E-state index contributed by atoms with van der Waals surface area (Å²) in [6, 6.07) is 0. The van der Waals surface area contributed by atoms with E-state index in [9.17, 15) is 0 Å². The molecule has 0 saturated carbocycles.